The summed E-state index contributed by atoms with van der Waals surface area (Å²) in [5.41, 5.74) is -4.02. The number of rotatable bonds is 4. The lowest BCUT2D eigenvalue weighted by atomic mass is 10.0. The van der Waals surface area contributed by atoms with Crippen molar-refractivity contribution in [2.45, 2.75) is 6.11 Å². The summed E-state index contributed by atoms with van der Waals surface area (Å²) >= 11 is 0. The van der Waals surface area contributed by atoms with Gasteiger partial charge in [-0.3, -0.25) is 0 Å². The molecule has 0 saturated carbocycles. The Bertz CT molecular complexity index is 1070. The van der Waals surface area contributed by atoms with Crippen LogP contribution in [-0.4, -0.2) is 0 Å². The van der Waals surface area contributed by atoms with Crippen LogP contribution in [-0.2, 0) is 6.11 Å². The molecule has 0 radical (unpaired) electrons. The van der Waals surface area contributed by atoms with Gasteiger partial charge in [0.2, 0.25) is 0 Å². The molecule has 0 heterocycles. The summed E-state index contributed by atoms with van der Waals surface area (Å²) in [7, 11) is 0. The molecule has 1 nitrogen and oxygen atoms in total. The lowest BCUT2D eigenvalue weighted by Crippen LogP contribution is -2.25. The van der Waals surface area contributed by atoms with Crippen molar-refractivity contribution in [3.05, 3.63) is 88.5 Å². The Morgan fingerprint density at radius 2 is 1.03 bits per heavy atom. The van der Waals surface area contributed by atoms with Crippen LogP contribution in [0.25, 0.3) is 11.1 Å². The molecule has 3 aromatic carbocycles. The Kier molecular flexibility index (Phi) is 5.40. The number of benzene rings is 3. The normalized spacial score (nSPS) is 11.7. The maximum Gasteiger partial charge on any atom is 0.432 e. The molecule has 0 aromatic heterocycles. The van der Waals surface area contributed by atoms with Gasteiger partial charge >= 0.3 is 6.11 Å². The topological polar surface area (TPSA) is 9.23 Å². The number of halogens is 10. The summed E-state index contributed by atoms with van der Waals surface area (Å²) in [6.07, 6.45) is -4.87. The number of hydrogen-bond donors (Lipinski definition) is 0. The van der Waals surface area contributed by atoms with Gasteiger partial charge in [0.15, 0.2) is 17.5 Å². The summed E-state index contributed by atoms with van der Waals surface area (Å²) < 4.78 is 141. The van der Waals surface area contributed by atoms with Crippen molar-refractivity contribution in [2.75, 3.05) is 0 Å². The van der Waals surface area contributed by atoms with Gasteiger partial charge in [-0.05, 0) is 17.7 Å². The summed E-state index contributed by atoms with van der Waals surface area (Å²) in [5.74, 6) is -15.6. The zero-order chi connectivity index (χ0) is 22.4. The first kappa shape index (κ1) is 21.5. The van der Waals surface area contributed by atoms with Crippen LogP contribution in [0.3, 0.4) is 0 Å². The second-order valence-electron chi connectivity index (χ2n) is 5.88. The minimum atomic E-state index is -4.87. The van der Waals surface area contributed by atoms with Crippen LogP contribution < -0.4 is 4.74 Å². The monoisotopic (exact) mass is 440 g/mol. The van der Waals surface area contributed by atoms with Gasteiger partial charge in [0, 0.05) is 24.3 Å². The Morgan fingerprint density at radius 1 is 0.567 bits per heavy atom. The maximum absolute atomic E-state index is 14.2. The predicted octanol–water partition coefficient (Wildman–Crippen LogP) is 6.59. The Morgan fingerprint density at radius 3 is 1.50 bits per heavy atom. The molecular formula is C19H6F10O. The van der Waals surface area contributed by atoms with E-state index in [1.54, 1.807) is 0 Å². The van der Waals surface area contributed by atoms with Crippen molar-refractivity contribution in [1.29, 1.82) is 0 Å². The summed E-state index contributed by atoms with van der Waals surface area (Å²) in [6.45, 7) is 0. The van der Waals surface area contributed by atoms with Crippen molar-refractivity contribution in [3.63, 3.8) is 0 Å². The summed E-state index contributed by atoms with van der Waals surface area (Å²) in [4.78, 5) is 0. The second-order valence-corrected chi connectivity index (χ2v) is 5.88. The van der Waals surface area contributed by atoms with Crippen molar-refractivity contribution in [3.8, 4) is 16.9 Å². The highest BCUT2D eigenvalue weighted by atomic mass is 19.3. The van der Waals surface area contributed by atoms with Gasteiger partial charge in [-0.15, -0.1) is 0 Å². The highest BCUT2D eigenvalue weighted by Crippen LogP contribution is 2.38. The molecule has 0 spiro atoms. The first-order valence-corrected chi connectivity index (χ1v) is 7.76. The van der Waals surface area contributed by atoms with E-state index in [9.17, 15) is 43.9 Å². The Balaban J connectivity index is 2.05. The molecule has 0 bridgehead atoms. The number of hydrogen-bond acceptors (Lipinski definition) is 1. The van der Waals surface area contributed by atoms with E-state index in [1.807, 2.05) is 0 Å². The third-order valence-electron chi connectivity index (χ3n) is 3.83. The highest BCUT2D eigenvalue weighted by Gasteiger charge is 2.41. The SMILES string of the molecule is Fc1cc(F)c(-c2cc(F)c(C(F)(F)Oc3cc(F)c(F)c(F)c3)c(F)c2)c(F)c1. The van der Waals surface area contributed by atoms with E-state index < -0.39 is 75.1 Å². The molecule has 0 fully saturated rings. The smallest absolute Gasteiger partial charge is 0.429 e. The van der Waals surface area contributed by atoms with Crippen molar-refractivity contribution >= 4 is 0 Å². The van der Waals surface area contributed by atoms with E-state index in [4.69, 9.17) is 0 Å². The fourth-order valence-electron chi connectivity index (χ4n) is 2.60. The molecular weight excluding hydrogens is 434 g/mol. The average Bonchev–Trinajstić information content (AvgIpc) is 2.57. The quantitative estimate of drug-likeness (QED) is 0.328. The fraction of sp³-hybridized carbons (Fsp3) is 0.0526. The second kappa shape index (κ2) is 7.54. The predicted molar refractivity (Wildman–Crippen MR) is 82.5 cm³/mol. The van der Waals surface area contributed by atoms with Gasteiger partial charge in [0.05, 0.1) is 5.56 Å². The van der Waals surface area contributed by atoms with Crippen LogP contribution in [0.5, 0.6) is 5.75 Å². The van der Waals surface area contributed by atoms with Crippen LogP contribution in [0.2, 0.25) is 0 Å². The first-order valence-electron chi connectivity index (χ1n) is 7.76. The van der Waals surface area contributed by atoms with Gasteiger partial charge in [0.1, 0.15) is 40.4 Å². The maximum atomic E-state index is 14.2. The zero-order valence-electron chi connectivity index (χ0n) is 14.2. The molecule has 0 saturated heterocycles. The highest BCUT2D eigenvalue weighted by molar-refractivity contribution is 5.65. The Labute approximate surface area is 161 Å². The van der Waals surface area contributed by atoms with E-state index in [0.29, 0.717) is 0 Å². The molecule has 0 aliphatic heterocycles. The van der Waals surface area contributed by atoms with Gasteiger partial charge in [-0.25, -0.2) is 35.1 Å². The van der Waals surface area contributed by atoms with E-state index in [2.05, 4.69) is 4.74 Å². The van der Waals surface area contributed by atoms with Crippen molar-refractivity contribution in [2.24, 2.45) is 0 Å². The number of alkyl halides is 2. The molecule has 0 unspecified atom stereocenters. The molecule has 0 atom stereocenters. The van der Waals surface area contributed by atoms with Gasteiger partial charge in [0.25, 0.3) is 0 Å². The van der Waals surface area contributed by atoms with E-state index in [0.717, 1.165) is 0 Å². The van der Waals surface area contributed by atoms with Crippen LogP contribution in [0.15, 0.2) is 36.4 Å². The van der Waals surface area contributed by atoms with Crippen molar-refractivity contribution < 1.29 is 48.6 Å². The van der Waals surface area contributed by atoms with Crippen LogP contribution in [0.1, 0.15) is 5.56 Å². The molecule has 0 aliphatic carbocycles. The van der Waals surface area contributed by atoms with Gasteiger partial charge < -0.3 is 4.74 Å². The third-order valence-corrected chi connectivity index (χ3v) is 3.83. The molecule has 3 rings (SSSR count). The average molecular weight is 440 g/mol. The molecule has 0 amide bonds. The summed E-state index contributed by atoms with van der Waals surface area (Å²) in [6, 6.07) is 0.691. The third kappa shape index (κ3) is 3.91. The summed E-state index contributed by atoms with van der Waals surface area (Å²) in [5, 5.41) is 0. The molecule has 158 valence electrons. The molecule has 0 aliphatic rings. The Hall–Kier alpha value is -3.24. The van der Waals surface area contributed by atoms with Crippen LogP contribution in [0, 0.1) is 46.5 Å². The van der Waals surface area contributed by atoms with E-state index >= 15 is 0 Å². The fourth-order valence-corrected chi connectivity index (χ4v) is 2.60. The lowest BCUT2D eigenvalue weighted by molar-refractivity contribution is -0.189. The molecule has 11 heteroatoms. The first-order chi connectivity index (χ1) is 13.9. The minimum Gasteiger partial charge on any atom is -0.429 e. The van der Waals surface area contributed by atoms with E-state index in [1.165, 1.54) is 0 Å². The lowest BCUT2D eigenvalue weighted by Gasteiger charge is -2.20. The van der Waals surface area contributed by atoms with Gasteiger partial charge in [-0.1, -0.05) is 0 Å². The zero-order valence-corrected chi connectivity index (χ0v) is 14.2. The van der Waals surface area contributed by atoms with Gasteiger partial charge in [-0.2, -0.15) is 8.78 Å². The van der Waals surface area contributed by atoms with Crippen LogP contribution >= 0.6 is 0 Å². The van der Waals surface area contributed by atoms with E-state index in [-0.39, 0.29) is 36.4 Å². The minimum absolute atomic E-state index is 0.0137. The molecule has 3 aromatic rings. The standard InChI is InChI=1S/C19H6F10O/c20-8-3-10(21)16(11(22)4-8)7-1-12(23)17(13(24)2-7)19(28,29)30-9-5-14(25)18(27)15(26)6-9/h1-6H. The molecule has 30 heavy (non-hydrogen) atoms. The van der Waals surface area contributed by atoms with Crippen molar-refractivity contribution in [1.82, 2.24) is 0 Å². The van der Waals surface area contributed by atoms with Crippen LogP contribution in [0.4, 0.5) is 43.9 Å². The molecule has 0 N–H and O–H groups in total. The largest absolute Gasteiger partial charge is 0.432 e. The number of ether oxygens (including phenoxy) is 1.